The van der Waals surface area contributed by atoms with Gasteiger partial charge in [0.25, 0.3) is 0 Å². The van der Waals surface area contributed by atoms with Crippen molar-refractivity contribution in [1.29, 1.82) is 0 Å². The van der Waals surface area contributed by atoms with Crippen LogP contribution in [0.3, 0.4) is 0 Å². The van der Waals surface area contributed by atoms with Crippen LogP contribution in [-0.2, 0) is 4.74 Å². The number of fused-ring (bicyclic) bond motifs is 1. The second-order valence-corrected chi connectivity index (χ2v) is 3.88. The summed E-state index contributed by atoms with van der Waals surface area (Å²) in [5, 5.41) is 3.24. The van der Waals surface area contributed by atoms with Gasteiger partial charge < -0.3 is 10.1 Å². The lowest BCUT2D eigenvalue weighted by atomic mass is 10.2. The van der Waals surface area contributed by atoms with Gasteiger partial charge in [-0.1, -0.05) is 0 Å². The van der Waals surface area contributed by atoms with Crippen molar-refractivity contribution in [2.24, 2.45) is 0 Å². The predicted octanol–water partition coefficient (Wildman–Crippen LogP) is 2.06. The van der Waals surface area contributed by atoms with Crippen molar-refractivity contribution < 1.29 is 13.5 Å². The summed E-state index contributed by atoms with van der Waals surface area (Å²) >= 11 is 0. The first-order chi connectivity index (χ1) is 9.13. The average Bonchev–Trinajstić information content (AvgIpc) is 2.39. The fraction of sp³-hybridized carbons (Fsp3) is 0.417. The van der Waals surface area contributed by atoms with Gasteiger partial charge in [-0.3, -0.25) is 4.98 Å². The van der Waals surface area contributed by atoms with E-state index in [4.69, 9.17) is 4.74 Å². The fourth-order valence-corrected chi connectivity index (χ4v) is 1.64. The molecule has 2 heterocycles. The zero-order valence-electron chi connectivity index (χ0n) is 10.7. The van der Waals surface area contributed by atoms with Crippen LogP contribution in [0.1, 0.15) is 12.6 Å². The van der Waals surface area contributed by atoms with Crippen LogP contribution in [-0.4, -0.2) is 34.7 Å². The van der Waals surface area contributed by atoms with Crippen molar-refractivity contribution in [3.8, 4) is 0 Å². The Balaban J connectivity index is 2.35. The van der Waals surface area contributed by atoms with Gasteiger partial charge in [0, 0.05) is 19.3 Å². The van der Waals surface area contributed by atoms with Crippen molar-refractivity contribution >= 4 is 16.7 Å². The van der Waals surface area contributed by atoms with Crippen LogP contribution >= 0.6 is 0 Å². The van der Waals surface area contributed by atoms with Gasteiger partial charge in [-0.2, -0.15) is 14.4 Å². The van der Waals surface area contributed by atoms with Gasteiger partial charge in [-0.25, -0.2) is 4.39 Å². The number of halogens is 2. The summed E-state index contributed by atoms with van der Waals surface area (Å²) in [6.45, 7) is 4.86. The minimum atomic E-state index is -0.976. The minimum Gasteiger partial charge on any atom is -0.380 e. The van der Waals surface area contributed by atoms with E-state index in [-0.39, 0.29) is 17.0 Å². The third-order valence-corrected chi connectivity index (χ3v) is 2.57. The average molecular weight is 268 g/mol. The van der Waals surface area contributed by atoms with Gasteiger partial charge in [0.2, 0.25) is 0 Å². The number of nitrogens with one attached hydrogen (secondary N) is 1. The molecule has 0 atom stereocenters. The lowest BCUT2D eigenvalue weighted by molar-refractivity contribution is 0.158. The Morgan fingerprint density at radius 1 is 1.32 bits per heavy atom. The highest BCUT2D eigenvalue weighted by Gasteiger charge is 2.13. The van der Waals surface area contributed by atoms with E-state index >= 15 is 0 Å². The molecular weight excluding hydrogens is 254 g/mol. The molecule has 102 valence electrons. The molecule has 2 rings (SSSR count). The SMILES string of the molecule is CCOCCNc1nc(F)nc2c(F)c(C)ncc12. The van der Waals surface area contributed by atoms with Crippen molar-refractivity contribution in [2.75, 3.05) is 25.1 Å². The summed E-state index contributed by atoms with van der Waals surface area (Å²) in [6.07, 6.45) is 0.451. The molecule has 0 bridgehead atoms. The molecule has 0 aromatic carbocycles. The second kappa shape index (κ2) is 5.83. The molecule has 5 nitrogen and oxygen atoms in total. The lowest BCUT2D eigenvalue weighted by Crippen LogP contribution is -2.12. The van der Waals surface area contributed by atoms with E-state index in [0.717, 1.165) is 0 Å². The molecule has 1 N–H and O–H groups in total. The molecule has 0 saturated carbocycles. The fourth-order valence-electron chi connectivity index (χ4n) is 1.64. The van der Waals surface area contributed by atoms with E-state index in [1.165, 1.54) is 13.1 Å². The van der Waals surface area contributed by atoms with Gasteiger partial charge >= 0.3 is 6.08 Å². The van der Waals surface area contributed by atoms with Gasteiger partial charge in [-0.05, 0) is 13.8 Å². The molecule has 0 radical (unpaired) electrons. The Morgan fingerprint density at radius 2 is 2.11 bits per heavy atom. The molecule has 0 aliphatic carbocycles. The van der Waals surface area contributed by atoms with Crippen LogP contribution < -0.4 is 5.32 Å². The van der Waals surface area contributed by atoms with Crippen molar-refractivity contribution in [1.82, 2.24) is 15.0 Å². The summed E-state index contributed by atoms with van der Waals surface area (Å²) in [5.74, 6) is -0.416. The number of hydrogen-bond donors (Lipinski definition) is 1. The molecule has 2 aromatic heterocycles. The van der Waals surface area contributed by atoms with E-state index in [2.05, 4.69) is 20.3 Å². The maximum Gasteiger partial charge on any atom is 0.311 e. The van der Waals surface area contributed by atoms with Gasteiger partial charge in [0.15, 0.2) is 5.82 Å². The number of ether oxygens (including phenoxy) is 1. The molecule has 2 aromatic rings. The van der Waals surface area contributed by atoms with Crippen LogP contribution in [0.2, 0.25) is 0 Å². The lowest BCUT2D eigenvalue weighted by Gasteiger charge is -2.09. The third-order valence-electron chi connectivity index (χ3n) is 2.57. The number of hydrogen-bond acceptors (Lipinski definition) is 5. The van der Waals surface area contributed by atoms with E-state index < -0.39 is 11.9 Å². The Hall–Kier alpha value is -1.89. The molecule has 0 aliphatic heterocycles. The quantitative estimate of drug-likeness (QED) is 0.664. The standard InChI is InChI=1S/C12H14F2N4O/c1-3-19-5-4-15-11-8-6-16-7(2)9(13)10(8)17-12(14)18-11/h6H,3-5H2,1-2H3,(H,15,17,18). The molecule has 0 fully saturated rings. The molecule has 0 unspecified atom stereocenters. The van der Waals surface area contributed by atoms with E-state index in [9.17, 15) is 8.78 Å². The third kappa shape index (κ3) is 2.93. The van der Waals surface area contributed by atoms with Gasteiger partial charge in [-0.15, -0.1) is 0 Å². The summed E-state index contributed by atoms with van der Waals surface area (Å²) in [6, 6.07) is 0. The number of aryl methyl sites for hydroxylation is 1. The second-order valence-electron chi connectivity index (χ2n) is 3.88. The number of nitrogens with zero attached hydrogens (tertiary/aromatic N) is 3. The van der Waals surface area contributed by atoms with Crippen molar-refractivity contribution in [3.63, 3.8) is 0 Å². The first-order valence-corrected chi connectivity index (χ1v) is 5.93. The van der Waals surface area contributed by atoms with Crippen LogP contribution in [0.4, 0.5) is 14.6 Å². The number of anilines is 1. The van der Waals surface area contributed by atoms with Crippen LogP contribution in [0, 0.1) is 18.8 Å². The van der Waals surface area contributed by atoms with E-state index in [1.54, 1.807) is 0 Å². The molecule has 0 aliphatic rings. The smallest absolute Gasteiger partial charge is 0.311 e. The zero-order valence-corrected chi connectivity index (χ0v) is 10.7. The molecule has 7 heteroatoms. The number of rotatable bonds is 5. The molecule has 0 spiro atoms. The highest BCUT2D eigenvalue weighted by molar-refractivity contribution is 5.88. The Labute approximate surface area is 109 Å². The highest BCUT2D eigenvalue weighted by Crippen LogP contribution is 2.22. The van der Waals surface area contributed by atoms with Gasteiger partial charge in [0.1, 0.15) is 11.3 Å². The summed E-state index contributed by atoms with van der Waals surface area (Å²) in [4.78, 5) is 11.0. The normalized spacial score (nSPS) is 10.9. The van der Waals surface area contributed by atoms with Crippen LogP contribution in [0.25, 0.3) is 10.9 Å². The zero-order chi connectivity index (χ0) is 13.8. The summed E-state index contributed by atoms with van der Waals surface area (Å²) in [7, 11) is 0. The van der Waals surface area contributed by atoms with Gasteiger partial charge in [0.05, 0.1) is 17.7 Å². The maximum absolute atomic E-state index is 13.8. The molecule has 0 saturated heterocycles. The first kappa shape index (κ1) is 13.5. The molecular formula is C12H14F2N4O. The topological polar surface area (TPSA) is 59.9 Å². The number of aromatic nitrogens is 3. The molecule has 0 amide bonds. The summed E-state index contributed by atoms with van der Waals surface area (Å²) < 4.78 is 32.3. The largest absolute Gasteiger partial charge is 0.380 e. The van der Waals surface area contributed by atoms with Crippen molar-refractivity contribution in [2.45, 2.75) is 13.8 Å². The highest BCUT2D eigenvalue weighted by atomic mass is 19.1. The Morgan fingerprint density at radius 3 is 2.84 bits per heavy atom. The van der Waals surface area contributed by atoms with E-state index in [1.807, 2.05) is 6.92 Å². The monoisotopic (exact) mass is 268 g/mol. The first-order valence-electron chi connectivity index (χ1n) is 5.93. The summed E-state index contributed by atoms with van der Waals surface area (Å²) in [5.41, 5.74) is 0.102. The Bertz CT molecular complexity index is 591. The van der Waals surface area contributed by atoms with Crippen LogP contribution in [0.5, 0.6) is 0 Å². The van der Waals surface area contributed by atoms with Crippen LogP contribution in [0.15, 0.2) is 6.20 Å². The maximum atomic E-state index is 13.8. The predicted molar refractivity (Wildman–Crippen MR) is 67.0 cm³/mol. The van der Waals surface area contributed by atoms with E-state index in [0.29, 0.717) is 25.1 Å². The number of pyridine rings is 1. The Kier molecular flexibility index (Phi) is 4.16. The molecule has 19 heavy (non-hydrogen) atoms. The minimum absolute atomic E-state index is 0.0705. The van der Waals surface area contributed by atoms with Crippen molar-refractivity contribution in [3.05, 3.63) is 23.8 Å².